The Labute approximate surface area is 115 Å². The molecule has 1 rings (SSSR count). The maximum absolute atomic E-state index is 13.1. The first-order valence-electron chi connectivity index (χ1n) is 5.70. The Morgan fingerprint density at radius 3 is 2.75 bits per heavy atom. The lowest BCUT2D eigenvalue weighted by molar-refractivity contribution is -0.141. The van der Waals surface area contributed by atoms with Crippen LogP contribution in [0.15, 0.2) is 23.1 Å². The molecule has 2 N–H and O–H groups in total. The SMILES string of the molecule is CC(CCNS(=O)(=O)c1ccc(F)c(C#N)c1)C(=O)O. The average Bonchev–Trinajstić information content (AvgIpc) is 2.38. The van der Waals surface area contributed by atoms with Crippen molar-refractivity contribution in [2.24, 2.45) is 5.92 Å². The first-order valence-corrected chi connectivity index (χ1v) is 7.18. The van der Waals surface area contributed by atoms with Crippen molar-refractivity contribution >= 4 is 16.0 Å². The molecule has 0 aliphatic carbocycles. The zero-order chi connectivity index (χ0) is 15.3. The number of hydrogen-bond donors (Lipinski definition) is 2. The van der Waals surface area contributed by atoms with Crippen LogP contribution in [0.5, 0.6) is 0 Å². The number of nitrogens with one attached hydrogen (secondary N) is 1. The second kappa shape index (κ2) is 6.45. The first kappa shape index (κ1) is 16.1. The van der Waals surface area contributed by atoms with Crippen molar-refractivity contribution in [1.82, 2.24) is 4.72 Å². The van der Waals surface area contributed by atoms with Crippen molar-refractivity contribution in [3.05, 3.63) is 29.6 Å². The third-order valence-electron chi connectivity index (χ3n) is 2.66. The second-order valence-electron chi connectivity index (χ2n) is 4.18. The van der Waals surface area contributed by atoms with Crippen molar-refractivity contribution in [3.8, 4) is 6.07 Å². The van der Waals surface area contributed by atoms with Crippen LogP contribution in [0.2, 0.25) is 0 Å². The lowest BCUT2D eigenvalue weighted by Gasteiger charge is -2.09. The van der Waals surface area contributed by atoms with Crippen LogP contribution in [0.3, 0.4) is 0 Å². The molecule has 0 fully saturated rings. The van der Waals surface area contributed by atoms with Crippen LogP contribution in [0.4, 0.5) is 4.39 Å². The van der Waals surface area contributed by atoms with Gasteiger partial charge < -0.3 is 5.11 Å². The highest BCUT2D eigenvalue weighted by molar-refractivity contribution is 7.89. The molecule has 0 saturated heterocycles. The molecule has 0 amide bonds. The van der Waals surface area contributed by atoms with E-state index in [0.29, 0.717) is 0 Å². The molecular weight excluding hydrogens is 287 g/mol. The molecule has 0 heterocycles. The number of carboxylic acid groups (broad SMARTS) is 1. The monoisotopic (exact) mass is 300 g/mol. The van der Waals surface area contributed by atoms with E-state index in [4.69, 9.17) is 10.4 Å². The van der Waals surface area contributed by atoms with Crippen LogP contribution in [0.25, 0.3) is 0 Å². The minimum absolute atomic E-state index is 0.0605. The van der Waals surface area contributed by atoms with Crippen LogP contribution >= 0.6 is 0 Å². The second-order valence-corrected chi connectivity index (χ2v) is 5.95. The van der Waals surface area contributed by atoms with Gasteiger partial charge in [0, 0.05) is 6.54 Å². The van der Waals surface area contributed by atoms with E-state index in [1.807, 2.05) is 0 Å². The van der Waals surface area contributed by atoms with E-state index in [0.717, 1.165) is 18.2 Å². The summed E-state index contributed by atoms with van der Waals surface area (Å²) in [6.07, 6.45) is 0.126. The highest BCUT2D eigenvalue weighted by Crippen LogP contribution is 2.14. The van der Waals surface area contributed by atoms with Gasteiger partial charge in [0.05, 0.1) is 16.4 Å². The molecular formula is C12H13FN2O4S. The Bertz CT molecular complexity index is 652. The van der Waals surface area contributed by atoms with E-state index in [-0.39, 0.29) is 23.4 Å². The number of nitrogens with zero attached hydrogens (tertiary/aromatic N) is 1. The van der Waals surface area contributed by atoms with Crippen LogP contribution in [-0.2, 0) is 14.8 Å². The maximum atomic E-state index is 13.1. The molecule has 108 valence electrons. The van der Waals surface area contributed by atoms with Crippen molar-refractivity contribution < 1.29 is 22.7 Å². The Morgan fingerprint density at radius 1 is 1.55 bits per heavy atom. The van der Waals surface area contributed by atoms with E-state index in [1.165, 1.54) is 6.92 Å². The van der Waals surface area contributed by atoms with Crippen molar-refractivity contribution in [2.75, 3.05) is 6.54 Å². The summed E-state index contributed by atoms with van der Waals surface area (Å²) in [4.78, 5) is 10.4. The Hall–Kier alpha value is -1.98. The van der Waals surface area contributed by atoms with Gasteiger partial charge in [0.2, 0.25) is 10.0 Å². The summed E-state index contributed by atoms with van der Waals surface area (Å²) in [6, 6.07) is 4.42. The molecule has 0 saturated carbocycles. The number of rotatable bonds is 6. The summed E-state index contributed by atoms with van der Waals surface area (Å²) in [5, 5.41) is 17.3. The molecule has 1 aromatic carbocycles. The predicted molar refractivity (Wildman–Crippen MR) is 67.7 cm³/mol. The van der Waals surface area contributed by atoms with Crippen molar-refractivity contribution in [1.29, 1.82) is 5.26 Å². The van der Waals surface area contributed by atoms with Gasteiger partial charge in [0.1, 0.15) is 11.9 Å². The molecule has 0 radical (unpaired) electrons. The van der Waals surface area contributed by atoms with Crippen LogP contribution < -0.4 is 4.72 Å². The highest BCUT2D eigenvalue weighted by atomic mass is 32.2. The fourth-order valence-corrected chi connectivity index (χ4v) is 2.45. The quantitative estimate of drug-likeness (QED) is 0.817. The summed E-state index contributed by atoms with van der Waals surface area (Å²) >= 11 is 0. The van der Waals surface area contributed by atoms with Gasteiger partial charge in [-0.1, -0.05) is 6.92 Å². The fraction of sp³-hybridized carbons (Fsp3) is 0.333. The number of aliphatic carboxylic acids is 1. The third kappa shape index (κ3) is 4.01. The number of benzene rings is 1. The summed E-state index contributed by atoms with van der Waals surface area (Å²) < 4.78 is 39.1. The molecule has 0 spiro atoms. The number of hydrogen-bond acceptors (Lipinski definition) is 4. The van der Waals surface area contributed by atoms with Gasteiger partial charge in [-0.2, -0.15) is 5.26 Å². The van der Waals surface area contributed by atoms with Crippen LogP contribution in [0.1, 0.15) is 18.9 Å². The Balaban J connectivity index is 2.80. The number of halogens is 1. The van der Waals surface area contributed by atoms with Crippen molar-refractivity contribution in [2.45, 2.75) is 18.2 Å². The van der Waals surface area contributed by atoms with Gasteiger partial charge in [0.25, 0.3) is 0 Å². The lowest BCUT2D eigenvalue weighted by atomic mass is 10.1. The van der Waals surface area contributed by atoms with E-state index < -0.39 is 27.7 Å². The third-order valence-corrected chi connectivity index (χ3v) is 4.12. The van der Waals surface area contributed by atoms with Gasteiger partial charge in [-0.15, -0.1) is 0 Å². The van der Waals surface area contributed by atoms with Gasteiger partial charge in [-0.3, -0.25) is 4.79 Å². The van der Waals surface area contributed by atoms with E-state index in [9.17, 15) is 17.6 Å². The molecule has 1 atom stereocenters. The van der Waals surface area contributed by atoms with Gasteiger partial charge in [-0.05, 0) is 24.6 Å². The van der Waals surface area contributed by atoms with E-state index >= 15 is 0 Å². The Kier molecular flexibility index (Phi) is 5.19. The first-order chi connectivity index (χ1) is 9.27. The summed E-state index contributed by atoms with van der Waals surface area (Å²) in [5.41, 5.74) is -0.369. The Morgan fingerprint density at radius 2 is 2.20 bits per heavy atom. The molecule has 0 aliphatic rings. The summed E-state index contributed by atoms with van der Waals surface area (Å²) in [7, 11) is -3.89. The highest BCUT2D eigenvalue weighted by Gasteiger charge is 2.17. The average molecular weight is 300 g/mol. The van der Waals surface area contributed by atoms with E-state index in [2.05, 4.69) is 4.72 Å². The molecule has 1 unspecified atom stereocenters. The molecule has 8 heteroatoms. The molecule has 6 nitrogen and oxygen atoms in total. The van der Waals surface area contributed by atoms with Crippen LogP contribution in [0, 0.1) is 23.1 Å². The number of carboxylic acids is 1. The molecule has 0 aromatic heterocycles. The van der Waals surface area contributed by atoms with Gasteiger partial charge in [-0.25, -0.2) is 17.5 Å². The normalized spacial score (nSPS) is 12.7. The number of nitriles is 1. The smallest absolute Gasteiger partial charge is 0.306 e. The van der Waals surface area contributed by atoms with Crippen molar-refractivity contribution in [3.63, 3.8) is 0 Å². The minimum Gasteiger partial charge on any atom is -0.481 e. The largest absolute Gasteiger partial charge is 0.481 e. The maximum Gasteiger partial charge on any atom is 0.306 e. The zero-order valence-corrected chi connectivity index (χ0v) is 11.4. The summed E-state index contributed by atoms with van der Waals surface area (Å²) in [6.45, 7) is 1.40. The molecule has 20 heavy (non-hydrogen) atoms. The molecule has 0 aliphatic heterocycles. The minimum atomic E-state index is -3.89. The zero-order valence-electron chi connectivity index (χ0n) is 10.6. The standard InChI is InChI=1S/C12H13FN2O4S/c1-8(12(16)17)4-5-15-20(18,19)10-2-3-11(13)9(6-10)7-14/h2-3,6,8,15H,4-5H2,1H3,(H,16,17). The molecule has 0 bridgehead atoms. The van der Waals surface area contributed by atoms with Gasteiger partial charge >= 0.3 is 5.97 Å². The predicted octanol–water partition coefficient (Wildman–Crippen LogP) is 1.09. The topological polar surface area (TPSA) is 107 Å². The van der Waals surface area contributed by atoms with Gasteiger partial charge in [0.15, 0.2) is 0 Å². The lowest BCUT2D eigenvalue weighted by Crippen LogP contribution is -2.27. The van der Waals surface area contributed by atoms with Crippen LogP contribution in [-0.4, -0.2) is 26.0 Å². The molecule has 1 aromatic rings. The number of carbonyl (C=O) groups is 1. The fourth-order valence-electron chi connectivity index (χ4n) is 1.37. The summed E-state index contributed by atoms with van der Waals surface area (Å²) in [5.74, 6) is -2.50. The van der Waals surface area contributed by atoms with E-state index in [1.54, 1.807) is 6.07 Å². The number of sulfonamides is 1.